The molecule has 0 aliphatic heterocycles. The first-order valence-electron chi connectivity index (χ1n) is 18.8. The molecule has 55 heavy (non-hydrogen) atoms. The minimum atomic E-state index is 0.684. The fourth-order valence-electron chi connectivity index (χ4n) is 7.33. The first kappa shape index (κ1) is 36.6. The average molecular weight is 717 g/mol. The molecule has 0 N–H and O–H groups in total. The van der Waals surface area contributed by atoms with Crippen molar-refractivity contribution in [1.82, 2.24) is 4.90 Å². The summed E-state index contributed by atoms with van der Waals surface area (Å²) in [7, 11) is 8.70. The van der Waals surface area contributed by atoms with Crippen molar-refractivity contribution in [1.29, 1.82) is 0 Å². The summed E-state index contributed by atoms with van der Waals surface area (Å²) < 4.78 is 0. The van der Waals surface area contributed by atoms with Crippen molar-refractivity contribution in [3.05, 3.63) is 246 Å². The van der Waals surface area contributed by atoms with Crippen LogP contribution >= 0.6 is 0 Å². The second-order valence-corrected chi connectivity index (χ2v) is 13.7. The Hall–Kier alpha value is -6.78. The van der Waals surface area contributed by atoms with Gasteiger partial charge in [-0.05, 0) is 70.3 Å². The van der Waals surface area contributed by atoms with Gasteiger partial charge in [-0.3, -0.25) is 0 Å². The Balaban J connectivity index is 1.39. The summed E-state index contributed by atoms with van der Waals surface area (Å²) in [4.78, 5) is 9.31. The first-order chi connectivity index (χ1) is 27.0. The summed E-state index contributed by atoms with van der Waals surface area (Å²) in [5.74, 6) is 2.19. The molecule has 0 aliphatic carbocycles. The smallest absolute Gasteiger partial charge is 0.121 e. The topological polar surface area (TPSA) is 13.0 Å². The number of hydrogen-bond donors (Lipinski definition) is 0. The molecule has 4 nitrogen and oxygen atoms in total. The van der Waals surface area contributed by atoms with Gasteiger partial charge in [-0.25, -0.2) is 0 Å². The molecule has 0 amide bonds. The molecular formula is C51H48N4. The quantitative estimate of drug-likeness (QED) is 0.118. The fourth-order valence-corrected chi connectivity index (χ4v) is 7.33. The molecule has 0 spiro atoms. The van der Waals surface area contributed by atoms with Crippen molar-refractivity contribution >= 4 is 28.2 Å². The normalized spacial score (nSPS) is 10.6. The molecule has 7 aromatic carbocycles. The van der Waals surface area contributed by atoms with Crippen molar-refractivity contribution < 1.29 is 0 Å². The number of hydrogen-bond acceptors (Lipinski definition) is 4. The van der Waals surface area contributed by atoms with E-state index in [2.05, 4.69) is 254 Å². The van der Waals surface area contributed by atoms with Crippen LogP contribution < -0.4 is 14.7 Å². The number of nitrogens with zero attached hydrogens (tertiary/aromatic N) is 4. The second-order valence-electron chi connectivity index (χ2n) is 13.7. The van der Waals surface area contributed by atoms with Gasteiger partial charge < -0.3 is 19.6 Å². The van der Waals surface area contributed by atoms with Crippen LogP contribution in [0.25, 0.3) is 11.1 Å². The minimum absolute atomic E-state index is 0.684. The molecule has 0 aromatic heterocycles. The summed E-state index contributed by atoms with van der Waals surface area (Å²) >= 11 is 0. The van der Waals surface area contributed by atoms with Gasteiger partial charge in [0.1, 0.15) is 11.6 Å². The van der Waals surface area contributed by atoms with Gasteiger partial charge in [0.2, 0.25) is 0 Å². The van der Waals surface area contributed by atoms with Crippen molar-refractivity contribution in [3.8, 4) is 0 Å². The maximum atomic E-state index is 2.39. The van der Waals surface area contributed by atoms with E-state index in [0.29, 0.717) is 6.54 Å². The van der Waals surface area contributed by atoms with Gasteiger partial charge in [-0.15, -0.1) is 0 Å². The van der Waals surface area contributed by atoms with Gasteiger partial charge in [0.05, 0.1) is 0 Å². The van der Waals surface area contributed by atoms with E-state index in [-0.39, 0.29) is 0 Å². The lowest BCUT2D eigenvalue weighted by molar-refractivity contribution is 0.403. The molecule has 0 aliphatic rings. The Morgan fingerprint density at radius 1 is 0.327 bits per heavy atom. The minimum Gasteiger partial charge on any atom is -0.356 e. The lowest BCUT2D eigenvalue weighted by Crippen LogP contribution is -2.32. The maximum absolute atomic E-state index is 2.39. The Labute approximate surface area is 327 Å². The van der Waals surface area contributed by atoms with E-state index in [1.165, 1.54) is 22.3 Å². The van der Waals surface area contributed by atoms with Gasteiger partial charge in [0, 0.05) is 62.9 Å². The van der Waals surface area contributed by atoms with E-state index in [4.69, 9.17) is 0 Å². The van der Waals surface area contributed by atoms with Crippen molar-refractivity contribution in [2.75, 3.05) is 42.9 Å². The zero-order valence-corrected chi connectivity index (χ0v) is 32.1. The Morgan fingerprint density at radius 2 is 0.636 bits per heavy atom. The highest BCUT2D eigenvalue weighted by atomic mass is 15.3. The Bertz CT molecular complexity index is 2230. The number of para-hydroxylation sites is 3. The summed E-state index contributed by atoms with van der Waals surface area (Å²) in [5, 5.41) is 0. The maximum Gasteiger partial charge on any atom is 0.121 e. The van der Waals surface area contributed by atoms with Crippen LogP contribution in [0.4, 0.5) is 17.1 Å². The molecule has 0 saturated carbocycles. The Morgan fingerprint density at radius 3 is 1.02 bits per heavy atom. The molecule has 4 heteroatoms. The van der Waals surface area contributed by atoms with Crippen LogP contribution in [-0.2, 0) is 6.54 Å². The molecule has 0 fully saturated rings. The van der Waals surface area contributed by atoms with Crippen LogP contribution in [0.2, 0.25) is 0 Å². The summed E-state index contributed by atoms with van der Waals surface area (Å²) in [6.07, 6.45) is 0. The third-order valence-electron chi connectivity index (χ3n) is 10.0. The number of rotatable bonds is 13. The zero-order chi connectivity index (χ0) is 38.0. The SMILES string of the molecule is CN(Cc1cccc(C(=C(N(C)c2ccccc2)N(C)c2ccccc2)c2ccccc2)c1)C(=C(c1ccccc1)c1ccccc1)N(C)c1ccccc1. The molecule has 0 radical (unpaired) electrons. The first-order valence-corrected chi connectivity index (χ1v) is 18.8. The largest absolute Gasteiger partial charge is 0.356 e. The zero-order valence-electron chi connectivity index (χ0n) is 32.1. The van der Waals surface area contributed by atoms with Gasteiger partial charge in [-0.1, -0.05) is 164 Å². The second kappa shape index (κ2) is 17.4. The van der Waals surface area contributed by atoms with Crippen LogP contribution in [0.5, 0.6) is 0 Å². The molecule has 0 heterocycles. The molecule has 0 bridgehead atoms. The molecule has 272 valence electrons. The summed E-state index contributed by atoms with van der Waals surface area (Å²) in [6, 6.07) is 73.1. The van der Waals surface area contributed by atoms with E-state index < -0.39 is 0 Å². The molecule has 7 rings (SSSR count). The summed E-state index contributed by atoms with van der Waals surface area (Å²) in [6.45, 7) is 0.684. The van der Waals surface area contributed by atoms with Gasteiger partial charge in [0.15, 0.2) is 0 Å². The third-order valence-corrected chi connectivity index (χ3v) is 10.0. The summed E-state index contributed by atoms with van der Waals surface area (Å²) in [5.41, 5.74) is 11.5. The van der Waals surface area contributed by atoms with Crippen molar-refractivity contribution in [3.63, 3.8) is 0 Å². The van der Waals surface area contributed by atoms with Crippen LogP contribution in [0.3, 0.4) is 0 Å². The van der Waals surface area contributed by atoms with E-state index >= 15 is 0 Å². The third kappa shape index (κ3) is 8.40. The molecule has 7 aromatic rings. The van der Waals surface area contributed by atoms with Gasteiger partial charge in [0.25, 0.3) is 0 Å². The van der Waals surface area contributed by atoms with Gasteiger partial charge >= 0.3 is 0 Å². The molecule has 0 saturated heterocycles. The predicted octanol–water partition coefficient (Wildman–Crippen LogP) is 11.7. The van der Waals surface area contributed by atoms with Gasteiger partial charge in [-0.2, -0.15) is 0 Å². The Kier molecular flexibility index (Phi) is 11.5. The highest BCUT2D eigenvalue weighted by Crippen LogP contribution is 2.36. The molecule has 0 unspecified atom stereocenters. The van der Waals surface area contributed by atoms with Crippen molar-refractivity contribution in [2.24, 2.45) is 0 Å². The monoisotopic (exact) mass is 716 g/mol. The van der Waals surface area contributed by atoms with Crippen LogP contribution in [0.1, 0.15) is 27.8 Å². The lowest BCUT2D eigenvalue weighted by atomic mass is 9.94. The predicted molar refractivity (Wildman–Crippen MR) is 234 cm³/mol. The van der Waals surface area contributed by atoms with E-state index in [1.54, 1.807) is 0 Å². The highest BCUT2D eigenvalue weighted by molar-refractivity contribution is 5.87. The van der Waals surface area contributed by atoms with E-state index in [0.717, 1.165) is 45.4 Å². The lowest BCUT2D eigenvalue weighted by Gasteiger charge is -2.35. The van der Waals surface area contributed by atoms with E-state index in [1.807, 2.05) is 0 Å². The molecule has 0 atom stereocenters. The average Bonchev–Trinajstić information content (AvgIpc) is 3.26. The standard InChI is InChI=1S/C51H48N4/c1-52(50(53(2)45-32-17-8-18-33-45)48(41-25-11-5-12-26-41)42-27-13-6-14-28-42)39-40-24-23-31-44(38-40)49(43-29-15-7-16-30-43)51(54(3)46-34-19-9-20-35-46)55(4)47-36-21-10-22-37-47/h5-38H,39H2,1-4H3. The molecular weight excluding hydrogens is 669 g/mol. The number of benzene rings is 7. The van der Waals surface area contributed by atoms with Crippen LogP contribution in [0, 0.1) is 0 Å². The van der Waals surface area contributed by atoms with Crippen LogP contribution in [0.15, 0.2) is 218 Å². The van der Waals surface area contributed by atoms with E-state index in [9.17, 15) is 0 Å². The number of anilines is 3. The highest BCUT2D eigenvalue weighted by Gasteiger charge is 2.24. The van der Waals surface area contributed by atoms with Crippen molar-refractivity contribution in [2.45, 2.75) is 6.54 Å². The van der Waals surface area contributed by atoms with Crippen LogP contribution in [-0.4, -0.2) is 33.1 Å². The fraction of sp³-hybridized carbons (Fsp3) is 0.0980.